The third-order valence-electron chi connectivity index (χ3n) is 4.31. The lowest BCUT2D eigenvalue weighted by Crippen LogP contribution is -2.45. The van der Waals surface area contributed by atoms with Crippen LogP contribution in [0.3, 0.4) is 0 Å². The van der Waals surface area contributed by atoms with Gasteiger partial charge in [0.15, 0.2) is 6.10 Å². The molecule has 1 atom stereocenters. The molecule has 2 N–H and O–H groups in total. The summed E-state index contributed by atoms with van der Waals surface area (Å²) in [6.45, 7) is 2.88. The topological polar surface area (TPSA) is 52.6 Å². The van der Waals surface area contributed by atoms with Gasteiger partial charge in [0.25, 0.3) is 5.91 Å². The molecule has 3 rings (SSSR count). The van der Waals surface area contributed by atoms with Crippen LogP contribution in [0.1, 0.15) is 29.4 Å². The zero-order valence-electron chi connectivity index (χ0n) is 13.3. The lowest BCUT2D eigenvalue weighted by Gasteiger charge is -2.32. The fraction of sp³-hybridized carbons (Fsp3) is 0.389. The molecule has 1 aliphatic heterocycles. The van der Waals surface area contributed by atoms with Gasteiger partial charge in [-0.2, -0.15) is 0 Å². The number of benzene rings is 1. The summed E-state index contributed by atoms with van der Waals surface area (Å²) in [6.07, 6.45) is 0.631. The van der Waals surface area contributed by atoms with Gasteiger partial charge < -0.3 is 10.4 Å². The van der Waals surface area contributed by atoms with Gasteiger partial charge in [0, 0.05) is 35.6 Å². The molecular formula is C18H21ClN2O2S. The van der Waals surface area contributed by atoms with Crippen LogP contribution in [-0.2, 0) is 11.3 Å². The van der Waals surface area contributed by atoms with Crippen molar-refractivity contribution >= 4 is 28.8 Å². The number of likely N-dealkylation sites (tertiary alicyclic amines) is 1. The van der Waals surface area contributed by atoms with Crippen LogP contribution in [0, 0.1) is 0 Å². The number of carbonyl (C=O) groups excluding carboxylic acids is 1. The van der Waals surface area contributed by atoms with Crippen LogP contribution in [0.2, 0.25) is 5.02 Å². The first-order valence-electron chi connectivity index (χ1n) is 8.10. The number of nitrogens with one attached hydrogen (secondary N) is 1. The molecule has 2 heterocycles. The fourth-order valence-electron chi connectivity index (χ4n) is 2.97. The highest BCUT2D eigenvalue weighted by Crippen LogP contribution is 2.20. The van der Waals surface area contributed by atoms with Gasteiger partial charge in [0.1, 0.15) is 0 Å². The fourth-order valence-corrected chi connectivity index (χ4v) is 3.91. The highest BCUT2D eigenvalue weighted by molar-refractivity contribution is 7.09. The minimum absolute atomic E-state index is 0.117. The average molecular weight is 365 g/mol. The summed E-state index contributed by atoms with van der Waals surface area (Å²) in [4.78, 5) is 16.0. The molecule has 1 aromatic heterocycles. The molecular weight excluding hydrogens is 344 g/mol. The third-order valence-corrected chi connectivity index (χ3v) is 5.40. The van der Waals surface area contributed by atoms with E-state index in [1.54, 1.807) is 35.6 Å². The number of hydrogen-bond acceptors (Lipinski definition) is 4. The van der Waals surface area contributed by atoms with Gasteiger partial charge in [-0.05, 0) is 42.0 Å². The lowest BCUT2D eigenvalue weighted by molar-refractivity contribution is -0.130. The Morgan fingerprint density at radius 1 is 1.33 bits per heavy atom. The maximum atomic E-state index is 12.2. The Kier molecular flexibility index (Phi) is 5.89. The van der Waals surface area contributed by atoms with Crippen molar-refractivity contribution in [1.82, 2.24) is 10.2 Å². The molecule has 0 saturated carbocycles. The second-order valence-corrected chi connectivity index (χ2v) is 7.56. The van der Waals surface area contributed by atoms with E-state index in [1.165, 1.54) is 4.88 Å². The molecule has 1 amide bonds. The van der Waals surface area contributed by atoms with Gasteiger partial charge in [-0.25, -0.2) is 0 Å². The smallest absolute Gasteiger partial charge is 0.253 e. The van der Waals surface area contributed by atoms with Crippen LogP contribution in [0.25, 0.3) is 0 Å². The molecule has 0 spiro atoms. The summed E-state index contributed by atoms with van der Waals surface area (Å²) < 4.78 is 0. The third kappa shape index (κ3) is 4.57. The number of aliphatic hydroxyl groups excluding tert-OH is 1. The summed E-state index contributed by atoms with van der Waals surface area (Å²) in [5.74, 6) is -0.353. The molecule has 0 radical (unpaired) electrons. The quantitative estimate of drug-likeness (QED) is 0.856. The number of hydrogen-bond donors (Lipinski definition) is 2. The standard InChI is InChI=1S/C18H21ClN2O2S/c19-14-4-1-3-13(11-14)17(22)18(23)20-15-6-8-21(9-7-15)12-16-5-2-10-24-16/h1-5,10-11,15,17,22H,6-9,12H2,(H,20,23)/t17-/m0/s1. The summed E-state index contributed by atoms with van der Waals surface area (Å²) in [6, 6.07) is 11.1. The number of aliphatic hydroxyl groups is 1. The Morgan fingerprint density at radius 3 is 2.79 bits per heavy atom. The van der Waals surface area contributed by atoms with Crippen molar-refractivity contribution in [2.24, 2.45) is 0 Å². The van der Waals surface area contributed by atoms with Gasteiger partial charge in [-0.15, -0.1) is 11.3 Å². The second kappa shape index (κ2) is 8.12. The van der Waals surface area contributed by atoms with E-state index in [0.29, 0.717) is 10.6 Å². The van der Waals surface area contributed by atoms with Gasteiger partial charge in [-0.3, -0.25) is 9.69 Å². The van der Waals surface area contributed by atoms with Crippen LogP contribution in [0.15, 0.2) is 41.8 Å². The number of carbonyl (C=O) groups is 1. The first-order chi connectivity index (χ1) is 11.6. The Hall–Kier alpha value is -1.40. The summed E-state index contributed by atoms with van der Waals surface area (Å²) in [7, 11) is 0. The van der Waals surface area contributed by atoms with Crippen molar-refractivity contribution in [2.75, 3.05) is 13.1 Å². The Labute approximate surface area is 151 Å². The van der Waals surface area contributed by atoms with Crippen molar-refractivity contribution in [2.45, 2.75) is 31.5 Å². The van der Waals surface area contributed by atoms with Crippen molar-refractivity contribution in [3.63, 3.8) is 0 Å². The predicted octanol–water partition coefficient (Wildman–Crippen LogP) is 3.22. The normalized spacial score (nSPS) is 17.6. The predicted molar refractivity (Wildman–Crippen MR) is 97.2 cm³/mol. The van der Waals surface area contributed by atoms with Gasteiger partial charge in [-0.1, -0.05) is 29.8 Å². The Morgan fingerprint density at radius 2 is 2.12 bits per heavy atom. The molecule has 0 bridgehead atoms. The summed E-state index contributed by atoms with van der Waals surface area (Å²) in [5, 5.41) is 15.8. The molecule has 1 saturated heterocycles. The Bertz CT molecular complexity index is 669. The molecule has 1 aliphatic rings. The molecule has 2 aromatic rings. The van der Waals surface area contributed by atoms with Crippen LogP contribution < -0.4 is 5.32 Å². The van der Waals surface area contributed by atoms with Crippen LogP contribution in [0.5, 0.6) is 0 Å². The molecule has 24 heavy (non-hydrogen) atoms. The summed E-state index contributed by atoms with van der Waals surface area (Å²) >= 11 is 7.69. The number of rotatable bonds is 5. The van der Waals surface area contributed by atoms with Crippen molar-refractivity contribution < 1.29 is 9.90 Å². The zero-order valence-corrected chi connectivity index (χ0v) is 14.9. The molecule has 4 nitrogen and oxygen atoms in total. The van der Waals surface area contributed by atoms with Crippen molar-refractivity contribution in [3.05, 3.63) is 57.2 Å². The van der Waals surface area contributed by atoms with Crippen molar-refractivity contribution in [3.8, 4) is 0 Å². The van der Waals surface area contributed by atoms with Gasteiger partial charge >= 0.3 is 0 Å². The first kappa shape index (κ1) is 17.4. The highest BCUT2D eigenvalue weighted by atomic mass is 35.5. The van der Waals surface area contributed by atoms with Crippen LogP contribution >= 0.6 is 22.9 Å². The SMILES string of the molecule is O=C(NC1CCN(Cc2cccs2)CC1)[C@@H](O)c1cccc(Cl)c1. The number of thiophene rings is 1. The van der Waals surface area contributed by atoms with E-state index in [4.69, 9.17) is 11.6 Å². The zero-order chi connectivity index (χ0) is 16.9. The van der Waals surface area contributed by atoms with Crippen LogP contribution in [0.4, 0.5) is 0 Å². The average Bonchev–Trinajstić information content (AvgIpc) is 3.09. The number of halogens is 1. The minimum Gasteiger partial charge on any atom is -0.378 e. The van der Waals surface area contributed by atoms with Crippen LogP contribution in [-0.4, -0.2) is 35.0 Å². The molecule has 0 aliphatic carbocycles. The highest BCUT2D eigenvalue weighted by Gasteiger charge is 2.24. The maximum Gasteiger partial charge on any atom is 0.253 e. The minimum atomic E-state index is -1.17. The Balaban J connectivity index is 1.47. The molecule has 1 aromatic carbocycles. The van der Waals surface area contributed by atoms with E-state index in [9.17, 15) is 9.90 Å². The van der Waals surface area contributed by atoms with Gasteiger partial charge in [0.05, 0.1) is 0 Å². The number of nitrogens with zero attached hydrogens (tertiary/aromatic N) is 1. The molecule has 0 unspecified atom stereocenters. The van der Waals surface area contributed by atoms with Crippen molar-refractivity contribution in [1.29, 1.82) is 0 Å². The van der Waals surface area contributed by atoms with E-state index in [2.05, 4.69) is 27.7 Å². The largest absolute Gasteiger partial charge is 0.378 e. The number of piperidine rings is 1. The first-order valence-corrected chi connectivity index (χ1v) is 9.36. The maximum absolute atomic E-state index is 12.2. The summed E-state index contributed by atoms with van der Waals surface area (Å²) in [5.41, 5.74) is 0.523. The van der Waals surface area contributed by atoms with E-state index >= 15 is 0 Å². The van der Waals surface area contributed by atoms with E-state index < -0.39 is 6.10 Å². The van der Waals surface area contributed by atoms with Gasteiger partial charge in [0.2, 0.25) is 0 Å². The number of amides is 1. The van der Waals surface area contributed by atoms with E-state index in [1.807, 2.05) is 0 Å². The van der Waals surface area contributed by atoms with E-state index in [0.717, 1.165) is 32.5 Å². The molecule has 128 valence electrons. The van der Waals surface area contributed by atoms with E-state index in [-0.39, 0.29) is 11.9 Å². The monoisotopic (exact) mass is 364 g/mol. The molecule has 1 fully saturated rings. The molecule has 6 heteroatoms. The second-order valence-electron chi connectivity index (χ2n) is 6.10. The lowest BCUT2D eigenvalue weighted by atomic mass is 10.0.